The summed E-state index contributed by atoms with van der Waals surface area (Å²) in [5.41, 5.74) is 17.4. The molecular weight excluding hydrogens is 795 g/mol. The van der Waals surface area contributed by atoms with Crippen molar-refractivity contribution in [2.24, 2.45) is 0 Å². The normalized spacial score (nSPS) is 13.1. The molecule has 2 aromatic heterocycles. The lowest BCUT2D eigenvalue weighted by Gasteiger charge is -2.39. The van der Waals surface area contributed by atoms with Crippen LogP contribution in [0.15, 0.2) is 234 Å². The van der Waals surface area contributed by atoms with Gasteiger partial charge in [0.2, 0.25) is 0 Å². The largest absolute Gasteiger partial charge is 0.247 e. The molecule has 298 valence electrons. The quantitative estimate of drug-likeness (QED) is 0.162. The Labute approximate surface area is 375 Å². The highest BCUT2D eigenvalue weighted by Crippen LogP contribution is 2.63. The zero-order chi connectivity index (χ0) is 42.2. The molecule has 0 unspecified atom stereocenters. The van der Waals surface area contributed by atoms with Gasteiger partial charge in [0.05, 0.1) is 28.0 Å². The van der Waals surface area contributed by atoms with Crippen molar-refractivity contribution >= 4 is 33.4 Å². The van der Waals surface area contributed by atoms with Gasteiger partial charge in [-0.15, -0.1) is 0 Å². The molecular formula is C60H37N3S. The fourth-order valence-corrected chi connectivity index (χ4v) is 11.5. The van der Waals surface area contributed by atoms with Gasteiger partial charge < -0.3 is 0 Å². The van der Waals surface area contributed by atoms with Crippen molar-refractivity contribution in [3.63, 3.8) is 0 Å². The Morgan fingerprint density at radius 3 is 1.55 bits per heavy atom. The van der Waals surface area contributed by atoms with E-state index < -0.39 is 5.41 Å². The average molecular weight is 832 g/mol. The van der Waals surface area contributed by atoms with E-state index in [9.17, 15) is 0 Å². The summed E-state index contributed by atoms with van der Waals surface area (Å²) in [6.07, 6.45) is 0. The summed E-state index contributed by atoms with van der Waals surface area (Å²) in [4.78, 5) is 18.6. The molecule has 2 aliphatic rings. The minimum Gasteiger partial charge on any atom is -0.247 e. The highest BCUT2D eigenvalue weighted by atomic mass is 32.2. The number of fused-ring (bicyclic) bond motifs is 13. The molecule has 0 bridgehead atoms. The molecule has 3 nitrogen and oxygen atoms in total. The summed E-state index contributed by atoms with van der Waals surface area (Å²) in [5.74, 6) is 0.683. The molecule has 0 fully saturated rings. The summed E-state index contributed by atoms with van der Waals surface area (Å²) < 4.78 is 0. The van der Waals surface area contributed by atoms with E-state index in [1.165, 1.54) is 59.7 Å². The van der Waals surface area contributed by atoms with Crippen molar-refractivity contribution in [1.29, 1.82) is 0 Å². The van der Waals surface area contributed by atoms with Crippen molar-refractivity contribution in [3.05, 3.63) is 247 Å². The molecule has 0 amide bonds. The van der Waals surface area contributed by atoms with E-state index in [2.05, 4.69) is 206 Å². The third-order valence-electron chi connectivity index (χ3n) is 13.2. The van der Waals surface area contributed by atoms with Gasteiger partial charge in [-0.2, -0.15) is 0 Å². The summed E-state index contributed by atoms with van der Waals surface area (Å²) in [7, 11) is 0. The molecule has 1 aliphatic carbocycles. The Hall–Kier alpha value is -7.92. The first-order chi connectivity index (χ1) is 31.7. The van der Waals surface area contributed by atoms with Crippen LogP contribution in [0.5, 0.6) is 0 Å². The number of pyridine rings is 1. The predicted molar refractivity (Wildman–Crippen MR) is 263 cm³/mol. The molecule has 0 N–H and O–H groups in total. The van der Waals surface area contributed by atoms with Gasteiger partial charge in [-0.05, 0) is 68.8 Å². The van der Waals surface area contributed by atoms with E-state index in [1.54, 1.807) is 0 Å². The van der Waals surface area contributed by atoms with Crippen LogP contribution in [0.25, 0.3) is 89.1 Å². The maximum Gasteiger partial charge on any atom is 0.160 e. The molecule has 1 aliphatic heterocycles. The number of aromatic nitrogens is 3. The van der Waals surface area contributed by atoms with Gasteiger partial charge in [-0.3, -0.25) is 0 Å². The van der Waals surface area contributed by atoms with Crippen LogP contribution in [-0.2, 0) is 5.41 Å². The maximum atomic E-state index is 5.57. The molecule has 4 heteroatoms. The fourth-order valence-electron chi connectivity index (χ4n) is 10.3. The molecule has 0 radical (unpaired) electrons. The lowest BCUT2D eigenvalue weighted by atomic mass is 9.67. The van der Waals surface area contributed by atoms with E-state index in [0.717, 1.165) is 55.6 Å². The van der Waals surface area contributed by atoms with Crippen LogP contribution < -0.4 is 0 Å². The standard InChI is InChI=1S/C60H37N3S/c1-4-16-38(17-5-1)39-28-30-40(31-29-39)51-37-52(63-59(62-51)42-20-8-3-9-21-42)43-32-33-45-53(36-43)61-58(41-18-6-2-7-19-41)46-34-35-50-57(56(45)46)44-22-10-11-23-47(44)60(50)48-24-12-14-26-54(48)64-55-27-15-13-25-49(55)60/h1-37H. The van der Waals surface area contributed by atoms with Gasteiger partial charge in [0.1, 0.15) is 0 Å². The highest BCUT2D eigenvalue weighted by molar-refractivity contribution is 7.99. The van der Waals surface area contributed by atoms with E-state index in [-0.39, 0.29) is 0 Å². The molecule has 0 saturated carbocycles. The van der Waals surface area contributed by atoms with Crippen molar-refractivity contribution in [1.82, 2.24) is 15.0 Å². The van der Waals surface area contributed by atoms with Gasteiger partial charge in [0.15, 0.2) is 5.82 Å². The Morgan fingerprint density at radius 2 is 0.859 bits per heavy atom. The highest BCUT2D eigenvalue weighted by Gasteiger charge is 2.50. The average Bonchev–Trinajstić information content (AvgIpc) is 3.67. The lowest BCUT2D eigenvalue weighted by molar-refractivity contribution is 0.723. The van der Waals surface area contributed by atoms with E-state index in [0.29, 0.717) is 5.82 Å². The van der Waals surface area contributed by atoms with Gasteiger partial charge in [0, 0.05) is 48.2 Å². The Morgan fingerprint density at radius 1 is 0.344 bits per heavy atom. The molecule has 11 aromatic rings. The maximum absolute atomic E-state index is 5.57. The Kier molecular flexibility index (Phi) is 8.37. The number of benzene rings is 9. The zero-order valence-electron chi connectivity index (χ0n) is 34.6. The van der Waals surface area contributed by atoms with Crippen molar-refractivity contribution < 1.29 is 0 Å². The second-order valence-corrected chi connectivity index (χ2v) is 17.7. The van der Waals surface area contributed by atoms with Gasteiger partial charge >= 0.3 is 0 Å². The Balaban J connectivity index is 1.07. The van der Waals surface area contributed by atoms with E-state index in [4.69, 9.17) is 15.0 Å². The van der Waals surface area contributed by atoms with Gasteiger partial charge in [-0.25, -0.2) is 15.0 Å². The van der Waals surface area contributed by atoms with Crippen LogP contribution in [0.4, 0.5) is 0 Å². The first-order valence-corrected chi connectivity index (χ1v) is 22.6. The summed E-state index contributed by atoms with van der Waals surface area (Å²) in [6, 6.07) is 80.8. The summed E-state index contributed by atoms with van der Waals surface area (Å²) in [6.45, 7) is 0. The molecule has 3 heterocycles. The van der Waals surface area contributed by atoms with Gasteiger partial charge in [0.25, 0.3) is 0 Å². The second-order valence-electron chi connectivity index (χ2n) is 16.6. The molecule has 9 aromatic carbocycles. The van der Waals surface area contributed by atoms with Crippen LogP contribution in [0.2, 0.25) is 0 Å². The minimum atomic E-state index is -0.481. The summed E-state index contributed by atoms with van der Waals surface area (Å²) >= 11 is 1.88. The molecule has 13 rings (SSSR count). The first kappa shape index (κ1) is 36.7. The monoisotopic (exact) mass is 831 g/mol. The second kappa shape index (κ2) is 14.6. The summed E-state index contributed by atoms with van der Waals surface area (Å²) in [5, 5.41) is 3.47. The number of hydrogen-bond donors (Lipinski definition) is 0. The van der Waals surface area contributed by atoms with Crippen LogP contribution in [0.3, 0.4) is 0 Å². The van der Waals surface area contributed by atoms with Crippen LogP contribution in [0, 0.1) is 0 Å². The fraction of sp³-hybridized carbons (Fsp3) is 0.0167. The molecule has 64 heavy (non-hydrogen) atoms. The third-order valence-corrected chi connectivity index (χ3v) is 14.3. The first-order valence-electron chi connectivity index (χ1n) is 21.8. The molecule has 0 atom stereocenters. The van der Waals surface area contributed by atoms with Crippen molar-refractivity contribution in [2.45, 2.75) is 15.2 Å². The van der Waals surface area contributed by atoms with Crippen molar-refractivity contribution in [3.8, 4) is 67.4 Å². The molecule has 1 spiro atoms. The number of rotatable bonds is 5. The van der Waals surface area contributed by atoms with Crippen LogP contribution in [0.1, 0.15) is 22.3 Å². The van der Waals surface area contributed by atoms with E-state index in [1.807, 2.05) is 30.0 Å². The van der Waals surface area contributed by atoms with Crippen LogP contribution in [-0.4, -0.2) is 15.0 Å². The minimum absolute atomic E-state index is 0.481. The lowest BCUT2D eigenvalue weighted by Crippen LogP contribution is -2.31. The Bertz CT molecular complexity index is 3580. The predicted octanol–water partition coefficient (Wildman–Crippen LogP) is 15.3. The van der Waals surface area contributed by atoms with E-state index >= 15 is 0 Å². The topological polar surface area (TPSA) is 38.7 Å². The smallest absolute Gasteiger partial charge is 0.160 e. The number of hydrogen-bond acceptors (Lipinski definition) is 4. The third kappa shape index (κ3) is 5.59. The number of nitrogens with zero attached hydrogens (tertiary/aromatic N) is 3. The SMILES string of the molecule is c1ccc(-c2ccc(-c3cc(-c4ccc5c(c4)nc(-c4ccccc4)c4ccc6c(c45)-c4ccccc4C64c5ccccc5Sc5ccccc54)nc(-c4ccccc4)n3)cc2)cc1. The van der Waals surface area contributed by atoms with Crippen molar-refractivity contribution in [2.75, 3.05) is 0 Å². The van der Waals surface area contributed by atoms with Crippen LogP contribution >= 0.6 is 11.8 Å². The molecule has 0 saturated heterocycles. The van der Waals surface area contributed by atoms with Gasteiger partial charge in [-0.1, -0.05) is 212 Å². The zero-order valence-corrected chi connectivity index (χ0v) is 35.4.